The molecule has 0 aromatic heterocycles. The second kappa shape index (κ2) is 6.95. The van der Waals surface area contributed by atoms with Crippen LogP contribution < -0.4 is 15.4 Å². The molecule has 3 N–H and O–H groups in total. The molecule has 0 fully saturated rings. The Kier molecular flexibility index (Phi) is 5.24. The molecule has 0 aliphatic carbocycles. The summed E-state index contributed by atoms with van der Waals surface area (Å²) in [7, 11) is 1.57. The Balaban J connectivity index is 2.44. The molecule has 18 heavy (non-hydrogen) atoms. The van der Waals surface area contributed by atoms with E-state index in [0.717, 1.165) is 5.56 Å². The Hall–Kier alpha value is -2.50. The van der Waals surface area contributed by atoms with E-state index in [-0.39, 0.29) is 0 Å². The quantitative estimate of drug-likeness (QED) is 0.728. The van der Waals surface area contributed by atoms with Gasteiger partial charge in [-0.1, -0.05) is 12.1 Å². The zero-order valence-corrected chi connectivity index (χ0v) is 9.84. The van der Waals surface area contributed by atoms with Gasteiger partial charge in [0.25, 0.3) is 0 Å². The number of urea groups is 1. The van der Waals surface area contributed by atoms with Gasteiger partial charge in [-0.25, -0.2) is 4.79 Å². The lowest BCUT2D eigenvalue weighted by Crippen LogP contribution is -2.35. The van der Waals surface area contributed by atoms with Gasteiger partial charge in [0, 0.05) is 6.20 Å². The highest BCUT2D eigenvalue weighted by Gasteiger charge is 1.99. The van der Waals surface area contributed by atoms with Crippen LogP contribution in [-0.2, 0) is 4.79 Å². The number of carbonyl (C=O) groups excluding carboxylic acids is 1. The summed E-state index contributed by atoms with van der Waals surface area (Å²) in [6, 6.07) is 6.70. The highest BCUT2D eigenvalue weighted by Crippen LogP contribution is 2.13. The van der Waals surface area contributed by atoms with Crippen molar-refractivity contribution in [3.8, 4) is 5.75 Å². The van der Waals surface area contributed by atoms with Gasteiger partial charge >= 0.3 is 12.0 Å². The Morgan fingerprint density at radius 1 is 1.44 bits per heavy atom. The average Bonchev–Trinajstić information content (AvgIpc) is 2.36. The van der Waals surface area contributed by atoms with E-state index in [9.17, 15) is 9.59 Å². The van der Waals surface area contributed by atoms with Crippen LogP contribution in [-0.4, -0.2) is 30.8 Å². The molecule has 0 aliphatic heterocycles. The fourth-order valence-electron chi connectivity index (χ4n) is 1.17. The maximum atomic E-state index is 11.1. The number of hydrogen-bond donors (Lipinski definition) is 3. The number of aliphatic carboxylic acids is 1. The monoisotopic (exact) mass is 250 g/mol. The molecule has 0 bridgehead atoms. The molecule has 0 saturated heterocycles. The third-order valence-corrected chi connectivity index (χ3v) is 1.98. The summed E-state index contributed by atoms with van der Waals surface area (Å²) in [5, 5.41) is 12.9. The lowest BCUT2D eigenvalue weighted by Gasteiger charge is -2.02. The predicted octanol–water partition coefficient (Wildman–Crippen LogP) is 1.05. The van der Waals surface area contributed by atoms with Gasteiger partial charge in [0.15, 0.2) is 0 Å². The minimum Gasteiger partial charge on any atom is -0.497 e. The number of benzene rings is 1. The number of amides is 2. The molecular weight excluding hydrogens is 236 g/mol. The zero-order valence-electron chi connectivity index (χ0n) is 9.84. The molecule has 6 heteroatoms. The van der Waals surface area contributed by atoms with E-state index in [4.69, 9.17) is 9.84 Å². The Bertz CT molecular complexity index is 457. The van der Waals surface area contributed by atoms with E-state index in [1.807, 2.05) is 18.2 Å². The number of carboxylic acid groups (broad SMARTS) is 1. The topological polar surface area (TPSA) is 87.7 Å². The van der Waals surface area contributed by atoms with Gasteiger partial charge < -0.3 is 20.5 Å². The van der Waals surface area contributed by atoms with Gasteiger partial charge in [-0.3, -0.25) is 4.79 Å². The molecule has 1 rings (SSSR count). The van der Waals surface area contributed by atoms with Crippen LogP contribution in [0.5, 0.6) is 5.75 Å². The third kappa shape index (κ3) is 5.02. The smallest absolute Gasteiger partial charge is 0.323 e. The predicted molar refractivity (Wildman–Crippen MR) is 66.2 cm³/mol. The van der Waals surface area contributed by atoms with Crippen molar-refractivity contribution in [3.63, 3.8) is 0 Å². The van der Waals surface area contributed by atoms with Gasteiger partial charge in [-0.2, -0.15) is 0 Å². The van der Waals surface area contributed by atoms with Gasteiger partial charge in [-0.15, -0.1) is 0 Å². The molecule has 2 amide bonds. The Labute approximate surface area is 104 Å². The van der Waals surface area contributed by atoms with Gasteiger partial charge in [-0.05, 0) is 23.8 Å². The number of ether oxygens (including phenoxy) is 1. The third-order valence-electron chi connectivity index (χ3n) is 1.98. The molecule has 1 aromatic rings. The highest BCUT2D eigenvalue weighted by molar-refractivity contribution is 5.80. The van der Waals surface area contributed by atoms with Crippen molar-refractivity contribution >= 4 is 18.1 Å². The van der Waals surface area contributed by atoms with E-state index < -0.39 is 18.5 Å². The first-order chi connectivity index (χ1) is 8.61. The lowest BCUT2D eigenvalue weighted by molar-refractivity contribution is -0.135. The normalized spacial score (nSPS) is 10.1. The molecule has 96 valence electrons. The molecule has 0 saturated carbocycles. The highest BCUT2D eigenvalue weighted by atomic mass is 16.5. The number of hydrogen-bond acceptors (Lipinski definition) is 3. The minimum atomic E-state index is -1.10. The maximum Gasteiger partial charge on any atom is 0.323 e. The molecule has 1 aromatic carbocycles. The van der Waals surface area contributed by atoms with E-state index in [1.165, 1.54) is 6.20 Å². The van der Waals surface area contributed by atoms with Crippen LogP contribution in [0.3, 0.4) is 0 Å². The van der Waals surface area contributed by atoms with Crippen LogP contribution in [0.25, 0.3) is 6.08 Å². The minimum absolute atomic E-state index is 0.418. The van der Waals surface area contributed by atoms with Gasteiger partial charge in [0.05, 0.1) is 7.11 Å². The number of rotatable bonds is 5. The molecule has 6 nitrogen and oxygen atoms in total. The van der Waals surface area contributed by atoms with Crippen molar-refractivity contribution in [1.82, 2.24) is 10.6 Å². The van der Waals surface area contributed by atoms with Crippen LogP contribution in [0.2, 0.25) is 0 Å². The van der Waals surface area contributed by atoms with Gasteiger partial charge in [0.1, 0.15) is 12.3 Å². The van der Waals surface area contributed by atoms with Crippen molar-refractivity contribution < 1.29 is 19.4 Å². The fourth-order valence-corrected chi connectivity index (χ4v) is 1.17. The van der Waals surface area contributed by atoms with E-state index in [0.29, 0.717) is 5.75 Å². The zero-order chi connectivity index (χ0) is 13.4. The summed E-state index contributed by atoms with van der Waals surface area (Å²) in [5.74, 6) is -0.380. The summed E-state index contributed by atoms with van der Waals surface area (Å²) >= 11 is 0. The molecule has 0 heterocycles. The number of methoxy groups -OCH3 is 1. The summed E-state index contributed by atoms with van der Waals surface area (Å²) < 4.78 is 5.05. The Morgan fingerprint density at radius 3 is 2.89 bits per heavy atom. The van der Waals surface area contributed by atoms with Crippen LogP contribution in [0.15, 0.2) is 30.5 Å². The molecule has 0 spiro atoms. The summed E-state index contributed by atoms with van der Waals surface area (Å²) in [4.78, 5) is 21.3. The largest absolute Gasteiger partial charge is 0.497 e. The molecule has 0 atom stereocenters. The Morgan fingerprint density at radius 2 is 2.22 bits per heavy atom. The first-order valence-electron chi connectivity index (χ1n) is 5.18. The van der Waals surface area contributed by atoms with Crippen LogP contribution >= 0.6 is 0 Å². The SMILES string of the molecule is COc1cccc(/C=C/NC(=O)NCC(=O)O)c1. The molecule has 0 unspecified atom stereocenters. The first-order valence-corrected chi connectivity index (χ1v) is 5.18. The number of nitrogens with one attached hydrogen (secondary N) is 2. The molecule has 0 radical (unpaired) electrons. The number of carboxylic acids is 1. The van der Waals surface area contributed by atoms with Crippen LogP contribution in [0, 0.1) is 0 Å². The standard InChI is InChI=1S/C12H14N2O4/c1-18-10-4-2-3-9(7-10)5-6-13-12(17)14-8-11(15)16/h2-7H,8H2,1H3,(H,15,16)(H2,13,14,17)/b6-5+. The van der Waals surface area contributed by atoms with E-state index in [1.54, 1.807) is 19.3 Å². The van der Waals surface area contributed by atoms with Crippen molar-refractivity contribution in [3.05, 3.63) is 36.0 Å². The molecule has 0 aliphatic rings. The summed E-state index contributed by atoms with van der Waals surface area (Å²) in [6.07, 6.45) is 3.09. The van der Waals surface area contributed by atoms with E-state index in [2.05, 4.69) is 10.6 Å². The van der Waals surface area contributed by atoms with Crippen molar-refractivity contribution in [2.75, 3.05) is 13.7 Å². The maximum absolute atomic E-state index is 11.1. The summed E-state index contributed by atoms with van der Waals surface area (Å²) in [5.41, 5.74) is 0.855. The van der Waals surface area contributed by atoms with Crippen LogP contribution in [0.1, 0.15) is 5.56 Å². The number of carbonyl (C=O) groups is 2. The summed E-state index contributed by atoms with van der Waals surface area (Å²) in [6.45, 7) is -0.418. The van der Waals surface area contributed by atoms with Crippen molar-refractivity contribution in [2.45, 2.75) is 0 Å². The second-order valence-electron chi connectivity index (χ2n) is 3.33. The fraction of sp³-hybridized carbons (Fsp3) is 0.167. The second-order valence-corrected chi connectivity index (χ2v) is 3.33. The van der Waals surface area contributed by atoms with Crippen LogP contribution in [0.4, 0.5) is 4.79 Å². The van der Waals surface area contributed by atoms with E-state index >= 15 is 0 Å². The van der Waals surface area contributed by atoms with Crippen molar-refractivity contribution in [1.29, 1.82) is 0 Å². The molecular formula is C12H14N2O4. The first kappa shape index (κ1) is 13.6. The van der Waals surface area contributed by atoms with Crippen molar-refractivity contribution in [2.24, 2.45) is 0 Å². The van der Waals surface area contributed by atoms with Gasteiger partial charge in [0.2, 0.25) is 0 Å². The lowest BCUT2D eigenvalue weighted by atomic mass is 10.2. The average molecular weight is 250 g/mol.